The second kappa shape index (κ2) is 9.19. The molecule has 0 atom stereocenters. The third-order valence-electron chi connectivity index (χ3n) is 5.76. The molecular formula is C27H24FN3O3S. The first-order chi connectivity index (χ1) is 16.8. The number of carbonyl (C=O) groups excluding carboxylic acids is 1. The third-order valence-corrected chi connectivity index (χ3v) is 6.68. The van der Waals surface area contributed by atoms with Crippen LogP contribution in [0.1, 0.15) is 36.7 Å². The maximum Gasteiger partial charge on any atom is 0.231 e. The zero-order chi connectivity index (χ0) is 24.6. The lowest BCUT2D eigenvalue weighted by molar-refractivity contribution is 0.102. The zero-order valence-electron chi connectivity index (χ0n) is 19.6. The quantitative estimate of drug-likeness (QED) is 0.242. The SMILES string of the molecule is CC(C)(C)c1ccc(-c2nnc(SCC(=O)c3ccc(F)cc3)n2-c2ccc3c(c2)OCO3)cc1. The molecule has 0 saturated carbocycles. The van der Waals surface area contributed by atoms with Crippen LogP contribution in [0.2, 0.25) is 0 Å². The summed E-state index contributed by atoms with van der Waals surface area (Å²) in [7, 11) is 0. The van der Waals surface area contributed by atoms with E-state index in [-0.39, 0.29) is 29.6 Å². The molecule has 4 aromatic rings. The molecule has 178 valence electrons. The molecule has 0 radical (unpaired) electrons. The summed E-state index contributed by atoms with van der Waals surface area (Å²) in [5.74, 6) is 1.62. The molecule has 1 aliphatic rings. The number of rotatable bonds is 6. The van der Waals surface area contributed by atoms with Crippen molar-refractivity contribution in [2.75, 3.05) is 12.5 Å². The van der Waals surface area contributed by atoms with Crippen LogP contribution >= 0.6 is 11.8 Å². The van der Waals surface area contributed by atoms with E-state index in [1.165, 1.54) is 41.6 Å². The van der Waals surface area contributed by atoms with Crippen molar-refractivity contribution in [1.29, 1.82) is 0 Å². The Labute approximate surface area is 207 Å². The van der Waals surface area contributed by atoms with E-state index in [0.29, 0.717) is 28.0 Å². The van der Waals surface area contributed by atoms with Gasteiger partial charge in [-0.05, 0) is 47.4 Å². The Morgan fingerprint density at radius 1 is 0.971 bits per heavy atom. The van der Waals surface area contributed by atoms with E-state index in [9.17, 15) is 9.18 Å². The Hall–Kier alpha value is -3.65. The summed E-state index contributed by atoms with van der Waals surface area (Å²) in [5.41, 5.74) is 3.40. The number of ketones is 1. The fourth-order valence-electron chi connectivity index (χ4n) is 3.78. The number of Topliss-reactive ketones (excluding diaryl/α,β-unsaturated/α-hetero) is 1. The molecular weight excluding hydrogens is 465 g/mol. The van der Waals surface area contributed by atoms with Gasteiger partial charge in [-0.1, -0.05) is 56.8 Å². The highest BCUT2D eigenvalue weighted by atomic mass is 32.2. The van der Waals surface area contributed by atoms with E-state index in [1.54, 1.807) is 0 Å². The first-order valence-electron chi connectivity index (χ1n) is 11.2. The van der Waals surface area contributed by atoms with Gasteiger partial charge < -0.3 is 9.47 Å². The number of fused-ring (bicyclic) bond motifs is 1. The maximum atomic E-state index is 13.2. The Morgan fingerprint density at radius 2 is 1.69 bits per heavy atom. The van der Waals surface area contributed by atoms with Crippen LogP contribution in [0.3, 0.4) is 0 Å². The molecule has 0 fully saturated rings. The first-order valence-corrected chi connectivity index (χ1v) is 12.2. The van der Waals surface area contributed by atoms with Crippen LogP contribution in [-0.2, 0) is 5.41 Å². The molecule has 35 heavy (non-hydrogen) atoms. The van der Waals surface area contributed by atoms with Crippen molar-refractivity contribution in [3.8, 4) is 28.6 Å². The van der Waals surface area contributed by atoms with Crippen molar-refractivity contribution in [2.24, 2.45) is 0 Å². The lowest BCUT2D eigenvalue weighted by atomic mass is 9.87. The summed E-state index contributed by atoms with van der Waals surface area (Å²) in [6.45, 7) is 6.69. The molecule has 0 saturated heterocycles. The van der Waals surface area contributed by atoms with E-state index >= 15 is 0 Å². The maximum absolute atomic E-state index is 13.2. The second-order valence-electron chi connectivity index (χ2n) is 9.23. The molecule has 1 aliphatic heterocycles. The van der Waals surface area contributed by atoms with Gasteiger partial charge in [0.15, 0.2) is 28.3 Å². The minimum Gasteiger partial charge on any atom is -0.454 e. The smallest absolute Gasteiger partial charge is 0.231 e. The van der Waals surface area contributed by atoms with Crippen LogP contribution in [0, 0.1) is 5.82 Å². The van der Waals surface area contributed by atoms with Crippen molar-refractivity contribution in [2.45, 2.75) is 31.3 Å². The molecule has 0 bridgehead atoms. The molecule has 0 spiro atoms. The van der Waals surface area contributed by atoms with E-state index in [4.69, 9.17) is 9.47 Å². The predicted molar refractivity (Wildman–Crippen MR) is 133 cm³/mol. The standard InChI is InChI=1S/C27H24FN3O3S/c1-27(2,3)19-8-4-18(5-9-19)25-29-30-26(35-15-22(32)17-6-10-20(28)11-7-17)31(25)21-12-13-23-24(14-21)34-16-33-23/h4-14H,15-16H2,1-3H3. The van der Waals surface area contributed by atoms with Crippen LogP contribution in [0.25, 0.3) is 17.1 Å². The third kappa shape index (κ3) is 4.79. The summed E-state index contributed by atoms with van der Waals surface area (Å²) in [6.07, 6.45) is 0. The van der Waals surface area contributed by atoms with Crippen molar-refractivity contribution >= 4 is 17.5 Å². The van der Waals surface area contributed by atoms with E-state index in [2.05, 4.69) is 43.1 Å². The summed E-state index contributed by atoms with van der Waals surface area (Å²) in [6, 6.07) is 19.4. The topological polar surface area (TPSA) is 66.2 Å². The van der Waals surface area contributed by atoms with Gasteiger partial charge in [-0.2, -0.15) is 0 Å². The molecule has 3 aromatic carbocycles. The van der Waals surface area contributed by atoms with Crippen LogP contribution < -0.4 is 9.47 Å². The monoisotopic (exact) mass is 489 g/mol. The van der Waals surface area contributed by atoms with Crippen molar-refractivity contribution < 1.29 is 18.7 Å². The fraction of sp³-hybridized carbons (Fsp3) is 0.222. The Kier molecular flexibility index (Phi) is 6.06. The average Bonchev–Trinajstić information content (AvgIpc) is 3.49. The highest BCUT2D eigenvalue weighted by molar-refractivity contribution is 7.99. The van der Waals surface area contributed by atoms with Gasteiger partial charge in [0.25, 0.3) is 0 Å². The van der Waals surface area contributed by atoms with E-state index in [0.717, 1.165) is 11.3 Å². The van der Waals surface area contributed by atoms with Crippen molar-refractivity contribution in [3.63, 3.8) is 0 Å². The number of aromatic nitrogens is 3. The number of benzene rings is 3. The number of thioether (sulfide) groups is 1. The van der Waals surface area contributed by atoms with Gasteiger partial charge in [0, 0.05) is 17.2 Å². The summed E-state index contributed by atoms with van der Waals surface area (Å²) >= 11 is 1.28. The summed E-state index contributed by atoms with van der Waals surface area (Å²) in [4.78, 5) is 12.7. The van der Waals surface area contributed by atoms with Gasteiger partial charge in [0.1, 0.15) is 5.82 Å². The van der Waals surface area contributed by atoms with Crippen LogP contribution in [-0.4, -0.2) is 33.1 Å². The number of hydrogen-bond donors (Lipinski definition) is 0. The molecule has 0 aliphatic carbocycles. The lowest BCUT2D eigenvalue weighted by Gasteiger charge is -2.19. The minimum atomic E-state index is -0.376. The molecule has 0 N–H and O–H groups in total. The summed E-state index contributed by atoms with van der Waals surface area (Å²) < 4.78 is 26.2. The largest absolute Gasteiger partial charge is 0.454 e. The molecule has 0 amide bonds. The van der Waals surface area contributed by atoms with Gasteiger partial charge >= 0.3 is 0 Å². The Balaban J connectivity index is 1.50. The van der Waals surface area contributed by atoms with Gasteiger partial charge in [0.2, 0.25) is 6.79 Å². The average molecular weight is 490 g/mol. The molecule has 8 heteroatoms. The highest BCUT2D eigenvalue weighted by Gasteiger charge is 2.22. The predicted octanol–water partition coefficient (Wildman–Crippen LogP) is 6.07. The number of hydrogen-bond acceptors (Lipinski definition) is 6. The van der Waals surface area contributed by atoms with Crippen molar-refractivity contribution in [1.82, 2.24) is 14.8 Å². The minimum absolute atomic E-state index is 0.0330. The second-order valence-corrected chi connectivity index (χ2v) is 10.2. The lowest BCUT2D eigenvalue weighted by Crippen LogP contribution is -2.10. The molecule has 6 nitrogen and oxygen atoms in total. The molecule has 2 heterocycles. The molecule has 1 aromatic heterocycles. The highest BCUT2D eigenvalue weighted by Crippen LogP contribution is 2.37. The fourth-order valence-corrected chi connectivity index (χ4v) is 4.62. The Bertz CT molecular complexity index is 1380. The van der Waals surface area contributed by atoms with Crippen LogP contribution in [0.5, 0.6) is 11.5 Å². The van der Waals surface area contributed by atoms with Crippen molar-refractivity contribution in [3.05, 3.63) is 83.7 Å². The normalized spacial score (nSPS) is 12.7. The van der Waals surface area contributed by atoms with E-state index < -0.39 is 0 Å². The number of ether oxygens (including phenoxy) is 2. The number of carbonyl (C=O) groups is 1. The van der Waals surface area contributed by atoms with Gasteiger partial charge in [-0.3, -0.25) is 9.36 Å². The van der Waals surface area contributed by atoms with Gasteiger partial charge in [0.05, 0.1) is 11.4 Å². The Morgan fingerprint density at radius 3 is 2.40 bits per heavy atom. The van der Waals surface area contributed by atoms with Crippen LogP contribution in [0.15, 0.2) is 71.9 Å². The van der Waals surface area contributed by atoms with Crippen LogP contribution in [0.4, 0.5) is 4.39 Å². The van der Waals surface area contributed by atoms with Gasteiger partial charge in [-0.25, -0.2) is 4.39 Å². The van der Waals surface area contributed by atoms with Gasteiger partial charge in [-0.15, -0.1) is 10.2 Å². The number of nitrogens with zero attached hydrogens (tertiary/aromatic N) is 3. The molecule has 5 rings (SSSR count). The summed E-state index contributed by atoms with van der Waals surface area (Å²) in [5, 5.41) is 9.44. The zero-order valence-corrected chi connectivity index (χ0v) is 20.4. The van der Waals surface area contributed by atoms with E-state index in [1.807, 2.05) is 34.9 Å². The molecule has 0 unspecified atom stereocenters. The first kappa shape index (κ1) is 23.1. The number of halogens is 1.